The Morgan fingerprint density at radius 2 is 1.33 bits per heavy atom. The average molecular weight is 358 g/mol. The van der Waals surface area contributed by atoms with E-state index < -0.39 is 0 Å². The fourth-order valence-electron chi connectivity index (χ4n) is 2.87. The van der Waals surface area contributed by atoms with E-state index in [1.165, 1.54) is 0 Å². The number of rotatable bonds is 7. The molecule has 0 saturated heterocycles. The topological polar surface area (TPSA) is 49.4 Å². The Morgan fingerprint density at radius 1 is 0.778 bits per heavy atom. The van der Waals surface area contributed by atoms with Gasteiger partial charge in [0.2, 0.25) is 0 Å². The molecule has 0 atom stereocenters. The second kappa shape index (κ2) is 8.81. The first kappa shape index (κ1) is 18.4. The molecule has 27 heavy (non-hydrogen) atoms. The van der Waals surface area contributed by atoms with Gasteiger partial charge in [-0.1, -0.05) is 66.7 Å². The zero-order chi connectivity index (χ0) is 19.1. The van der Waals surface area contributed by atoms with Crippen LogP contribution in [0.15, 0.2) is 84.9 Å². The molecular weight excluding hydrogens is 336 g/mol. The van der Waals surface area contributed by atoms with E-state index in [0.717, 1.165) is 5.69 Å². The van der Waals surface area contributed by atoms with Crippen LogP contribution in [0.1, 0.15) is 26.3 Å². The maximum Gasteiger partial charge on any atom is 0.252 e. The number of likely N-dealkylation sites (N-methyl/N-ethyl adjacent to an activating group) is 1. The second-order valence-electron chi connectivity index (χ2n) is 6.25. The highest BCUT2D eigenvalue weighted by atomic mass is 16.2. The molecule has 0 aliphatic heterocycles. The van der Waals surface area contributed by atoms with E-state index in [2.05, 4.69) is 10.2 Å². The van der Waals surface area contributed by atoms with Gasteiger partial charge in [0, 0.05) is 37.0 Å². The van der Waals surface area contributed by atoms with E-state index in [0.29, 0.717) is 29.8 Å². The van der Waals surface area contributed by atoms with Gasteiger partial charge in [-0.15, -0.1) is 0 Å². The van der Waals surface area contributed by atoms with Gasteiger partial charge in [0.25, 0.3) is 5.91 Å². The third-order valence-electron chi connectivity index (χ3n) is 4.38. The van der Waals surface area contributed by atoms with Crippen LogP contribution < -0.4 is 10.2 Å². The van der Waals surface area contributed by atoms with Crippen molar-refractivity contribution < 1.29 is 9.59 Å². The number of hydrogen-bond acceptors (Lipinski definition) is 3. The predicted molar refractivity (Wildman–Crippen MR) is 108 cm³/mol. The Bertz CT molecular complexity index is 908. The Morgan fingerprint density at radius 3 is 2.00 bits per heavy atom. The number of nitrogens with zero attached hydrogens (tertiary/aromatic N) is 1. The number of para-hydroxylation sites is 1. The molecule has 4 heteroatoms. The first-order valence-electron chi connectivity index (χ1n) is 8.90. The number of benzene rings is 3. The molecule has 0 fully saturated rings. The summed E-state index contributed by atoms with van der Waals surface area (Å²) in [6.07, 6.45) is 0. The van der Waals surface area contributed by atoms with Gasteiger partial charge >= 0.3 is 0 Å². The van der Waals surface area contributed by atoms with E-state index in [4.69, 9.17) is 0 Å². The highest BCUT2D eigenvalue weighted by molar-refractivity contribution is 6.15. The SMILES string of the molecule is CN(CCNC(=O)c1ccccc1C(=O)c1ccccc1)c1ccccc1. The van der Waals surface area contributed by atoms with Crippen LogP contribution in [-0.4, -0.2) is 31.8 Å². The van der Waals surface area contributed by atoms with Crippen LogP contribution in [0.4, 0.5) is 5.69 Å². The van der Waals surface area contributed by atoms with Gasteiger partial charge in [0.15, 0.2) is 5.78 Å². The molecule has 3 aromatic carbocycles. The molecule has 0 saturated carbocycles. The van der Waals surface area contributed by atoms with Crippen LogP contribution in [0.3, 0.4) is 0 Å². The quantitative estimate of drug-likeness (QED) is 0.654. The lowest BCUT2D eigenvalue weighted by atomic mass is 9.98. The van der Waals surface area contributed by atoms with Crippen molar-refractivity contribution in [1.82, 2.24) is 5.32 Å². The van der Waals surface area contributed by atoms with Crippen molar-refractivity contribution in [2.24, 2.45) is 0 Å². The van der Waals surface area contributed by atoms with E-state index in [1.807, 2.05) is 55.6 Å². The molecular formula is C23H22N2O2. The summed E-state index contributed by atoms with van der Waals surface area (Å²) in [5.41, 5.74) is 2.47. The summed E-state index contributed by atoms with van der Waals surface area (Å²) in [7, 11) is 1.98. The number of hydrogen-bond donors (Lipinski definition) is 1. The molecule has 0 heterocycles. The van der Waals surface area contributed by atoms with E-state index in [9.17, 15) is 9.59 Å². The molecule has 0 spiro atoms. The Kier molecular flexibility index (Phi) is 6.00. The van der Waals surface area contributed by atoms with Crippen LogP contribution in [0.2, 0.25) is 0 Å². The Hall–Kier alpha value is -3.40. The fraction of sp³-hybridized carbons (Fsp3) is 0.130. The van der Waals surface area contributed by atoms with Crippen molar-refractivity contribution in [2.75, 3.05) is 25.0 Å². The van der Waals surface area contributed by atoms with Crippen molar-refractivity contribution in [3.05, 3.63) is 102 Å². The van der Waals surface area contributed by atoms with Crippen molar-refractivity contribution in [3.8, 4) is 0 Å². The summed E-state index contributed by atoms with van der Waals surface area (Å²) in [4.78, 5) is 27.5. The molecule has 1 N–H and O–H groups in total. The Labute approximate surface area is 159 Å². The second-order valence-corrected chi connectivity index (χ2v) is 6.25. The fourth-order valence-corrected chi connectivity index (χ4v) is 2.87. The van der Waals surface area contributed by atoms with Crippen molar-refractivity contribution >= 4 is 17.4 Å². The molecule has 0 unspecified atom stereocenters. The van der Waals surface area contributed by atoms with E-state index in [-0.39, 0.29) is 11.7 Å². The number of ketones is 1. The summed E-state index contributed by atoms with van der Waals surface area (Å²) in [6, 6.07) is 25.9. The average Bonchev–Trinajstić information content (AvgIpc) is 2.74. The highest BCUT2D eigenvalue weighted by Gasteiger charge is 2.17. The molecule has 3 rings (SSSR count). The number of carbonyl (C=O) groups excluding carboxylic acids is 2. The zero-order valence-corrected chi connectivity index (χ0v) is 15.3. The molecule has 3 aromatic rings. The number of nitrogens with one attached hydrogen (secondary N) is 1. The minimum Gasteiger partial charge on any atom is -0.373 e. The van der Waals surface area contributed by atoms with Gasteiger partial charge in [-0.2, -0.15) is 0 Å². The first-order chi connectivity index (χ1) is 13.2. The molecule has 0 radical (unpaired) electrons. The molecule has 1 amide bonds. The third-order valence-corrected chi connectivity index (χ3v) is 4.38. The molecule has 0 aliphatic rings. The van der Waals surface area contributed by atoms with Crippen LogP contribution in [0.5, 0.6) is 0 Å². The van der Waals surface area contributed by atoms with Gasteiger partial charge in [0.1, 0.15) is 0 Å². The lowest BCUT2D eigenvalue weighted by Crippen LogP contribution is -2.33. The number of anilines is 1. The lowest BCUT2D eigenvalue weighted by molar-refractivity contribution is 0.0943. The molecule has 0 aliphatic carbocycles. The maximum atomic E-state index is 12.8. The van der Waals surface area contributed by atoms with Crippen LogP contribution in [-0.2, 0) is 0 Å². The van der Waals surface area contributed by atoms with Gasteiger partial charge in [0.05, 0.1) is 5.56 Å². The summed E-state index contributed by atoms with van der Waals surface area (Å²) in [5.74, 6) is -0.390. The van der Waals surface area contributed by atoms with Gasteiger partial charge in [-0.3, -0.25) is 9.59 Å². The lowest BCUT2D eigenvalue weighted by Gasteiger charge is -2.19. The van der Waals surface area contributed by atoms with Gasteiger partial charge in [-0.05, 0) is 18.2 Å². The summed E-state index contributed by atoms with van der Waals surface area (Å²) in [6.45, 7) is 1.16. The molecule has 0 bridgehead atoms. The third kappa shape index (κ3) is 4.61. The minimum atomic E-state index is -0.239. The van der Waals surface area contributed by atoms with Crippen molar-refractivity contribution in [2.45, 2.75) is 0 Å². The summed E-state index contributed by atoms with van der Waals surface area (Å²) in [5, 5.41) is 2.91. The monoisotopic (exact) mass is 358 g/mol. The maximum absolute atomic E-state index is 12.8. The van der Waals surface area contributed by atoms with Crippen LogP contribution in [0, 0.1) is 0 Å². The van der Waals surface area contributed by atoms with E-state index >= 15 is 0 Å². The smallest absolute Gasteiger partial charge is 0.252 e. The molecule has 136 valence electrons. The zero-order valence-electron chi connectivity index (χ0n) is 15.3. The summed E-state index contributed by atoms with van der Waals surface area (Å²) < 4.78 is 0. The van der Waals surface area contributed by atoms with Crippen LogP contribution in [0.25, 0.3) is 0 Å². The largest absolute Gasteiger partial charge is 0.373 e. The number of amides is 1. The van der Waals surface area contributed by atoms with Crippen molar-refractivity contribution in [3.63, 3.8) is 0 Å². The van der Waals surface area contributed by atoms with Gasteiger partial charge in [-0.25, -0.2) is 0 Å². The Balaban J connectivity index is 1.66. The number of carbonyl (C=O) groups is 2. The normalized spacial score (nSPS) is 10.3. The molecule has 0 aromatic heterocycles. The highest BCUT2D eigenvalue weighted by Crippen LogP contribution is 2.15. The predicted octanol–water partition coefficient (Wildman–Crippen LogP) is 3.78. The van der Waals surface area contributed by atoms with Crippen molar-refractivity contribution in [1.29, 1.82) is 0 Å². The molecule has 4 nitrogen and oxygen atoms in total. The van der Waals surface area contributed by atoms with Crippen LogP contribution >= 0.6 is 0 Å². The van der Waals surface area contributed by atoms with E-state index in [1.54, 1.807) is 36.4 Å². The standard InChI is InChI=1S/C23H22N2O2/c1-25(19-12-6-3-7-13-19)17-16-24-23(27)21-15-9-8-14-20(21)22(26)18-10-4-2-5-11-18/h2-15H,16-17H2,1H3,(H,24,27). The summed E-state index contributed by atoms with van der Waals surface area (Å²) >= 11 is 0. The first-order valence-corrected chi connectivity index (χ1v) is 8.90. The van der Waals surface area contributed by atoms with Gasteiger partial charge < -0.3 is 10.2 Å². The minimum absolute atomic E-state index is 0.150.